The highest BCUT2D eigenvalue weighted by molar-refractivity contribution is 5.36. The molecule has 0 fully saturated rings. The van der Waals surface area contributed by atoms with Gasteiger partial charge in [0.2, 0.25) is 0 Å². The molecule has 72 valence electrons. The van der Waals surface area contributed by atoms with Gasteiger partial charge in [-0.1, -0.05) is 12.1 Å². The molecule has 0 aliphatic rings. The molecule has 13 heavy (non-hydrogen) atoms. The Balaban J connectivity index is 2.90. The maximum absolute atomic E-state index is 9.48. The van der Waals surface area contributed by atoms with Crippen LogP contribution in [0.1, 0.15) is 18.1 Å². The fourth-order valence-corrected chi connectivity index (χ4v) is 1.28. The molecule has 1 aromatic carbocycles. The number of phenolic OH excluding ortho intramolecular Hbond substituents is 1. The quantitative estimate of drug-likeness (QED) is 0.642. The van der Waals surface area contributed by atoms with Crippen LogP contribution in [0.4, 0.5) is 0 Å². The first kappa shape index (κ1) is 10.0. The molecule has 0 saturated heterocycles. The first-order chi connectivity index (χ1) is 6.13. The van der Waals surface area contributed by atoms with E-state index in [9.17, 15) is 5.11 Å². The zero-order chi connectivity index (χ0) is 9.84. The first-order valence-electron chi connectivity index (χ1n) is 4.40. The Hall–Kier alpha value is -1.06. The Labute approximate surface area is 78.4 Å². The molecule has 0 heterocycles. The summed E-state index contributed by atoms with van der Waals surface area (Å²) < 4.78 is 0. The van der Waals surface area contributed by atoms with Crippen molar-refractivity contribution in [1.29, 1.82) is 0 Å². The average molecular weight is 180 g/mol. The lowest BCUT2D eigenvalue weighted by molar-refractivity contribution is 0.465. The van der Waals surface area contributed by atoms with Gasteiger partial charge in [-0.2, -0.15) is 0 Å². The fraction of sp³-hybridized carbons (Fsp3) is 0.400. The lowest BCUT2D eigenvalue weighted by Crippen LogP contribution is -2.18. The normalized spacial score (nSPS) is 12.8. The van der Waals surface area contributed by atoms with Crippen molar-refractivity contribution in [3.63, 3.8) is 0 Å². The van der Waals surface area contributed by atoms with Crippen molar-refractivity contribution in [3.8, 4) is 5.75 Å². The smallest absolute Gasteiger partial charge is 0.118 e. The molecule has 0 aliphatic carbocycles. The molecule has 1 aromatic rings. The number of rotatable bonds is 3. The highest BCUT2D eigenvalue weighted by Crippen LogP contribution is 2.19. The minimum absolute atomic E-state index is 0.0546. The summed E-state index contributed by atoms with van der Waals surface area (Å²) in [6.45, 7) is 2.40. The SMILES string of the molecule is CC(N)Cc1cc(CN)ccc1O. The number of benzene rings is 1. The Kier molecular flexibility index (Phi) is 3.28. The standard InChI is InChI=1S/C10H16N2O/c1-7(12)4-9-5-8(6-11)2-3-10(9)13/h2-3,5,7,13H,4,6,11-12H2,1H3. The van der Waals surface area contributed by atoms with Crippen LogP contribution < -0.4 is 11.5 Å². The van der Waals surface area contributed by atoms with Crippen molar-refractivity contribution in [3.05, 3.63) is 29.3 Å². The van der Waals surface area contributed by atoms with Crippen LogP contribution >= 0.6 is 0 Å². The lowest BCUT2D eigenvalue weighted by Gasteiger charge is -2.08. The van der Waals surface area contributed by atoms with Crippen molar-refractivity contribution in [2.45, 2.75) is 25.9 Å². The van der Waals surface area contributed by atoms with Crippen LogP contribution in [0.3, 0.4) is 0 Å². The van der Waals surface area contributed by atoms with E-state index in [1.165, 1.54) is 0 Å². The van der Waals surface area contributed by atoms with Crippen LogP contribution in [0.5, 0.6) is 5.75 Å². The molecule has 0 spiro atoms. The number of aromatic hydroxyl groups is 1. The summed E-state index contributed by atoms with van der Waals surface area (Å²) >= 11 is 0. The molecule has 0 bridgehead atoms. The lowest BCUT2D eigenvalue weighted by atomic mass is 10.0. The van der Waals surface area contributed by atoms with Crippen molar-refractivity contribution in [2.24, 2.45) is 11.5 Å². The van der Waals surface area contributed by atoms with Gasteiger partial charge in [-0.25, -0.2) is 0 Å². The zero-order valence-corrected chi connectivity index (χ0v) is 7.83. The maximum atomic E-state index is 9.48. The van der Waals surface area contributed by atoms with Gasteiger partial charge in [0.15, 0.2) is 0 Å². The van der Waals surface area contributed by atoms with Gasteiger partial charge in [-0.05, 0) is 30.5 Å². The third-order valence-electron chi connectivity index (χ3n) is 1.92. The summed E-state index contributed by atoms with van der Waals surface area (Å²) in [6, 6.07) is 5.44. The van der Waals surface area contributed by atoms with Crippen LogP contribution in [0.25, 0.3) is 0 Å². The summed E-state index contributed by atoms with van der Waals surface area (Å²) in [5.41, 5.74) is 13.0. The number of hydrogen-bond donors (Lipinski definition) is 3. The molecule has 0 saturated carbocycles. The predicted molar refractivity (Wildman–Crippen MR) is 53.4 cm³/mol. The van der Waals surface area contributed by atoms with Crippen molar-refractivity contribution in [2.75, 3.05) is 0 Å². The number of phenols is 1. The van der Waals surface area contributed by atoms with E-state index in [1.54, 1.807) is 6.07 Å². The molecular weight excluding hydrogens is 164 g/mol. The maximum Gasteiger partial charge on any atom is 0.118 e. The number of hydrogen-bond acceptors (Lipinski definition) is 3. The van der Waals surface area contributed by atoms with Gasteiger partial charge in [0.1, 0.15) is 5.75 Å². The van der Waals surface area contributed by atoms with Gasteiger partial charge >= 0.3 is 0 Å². The van der Waals surface area contributed by atoms with E-state index in [0.717, 1.165) is 11.1 Å². The van der Waals surface area contributed by atoms with Crippen LogP contribution in [-0.2, 0) is 13.0 Å². The third-order valence-corrected chi connectivity index (χ3v) is 1.92. The Morgan fingerprint density at radius 1 is 1.46 bits per heavy atom. The minimum Gasteiger partial charge on any atom is -0.508 e. The van der Waals surface area contributed by atoms with E-state index in [-0.39, 0.29) is 6.04 Å². The molecule has 0 aromatic heterocycles. The Morgan fingerprint density at radius 2 is 2.15 bits per heavy atom. The predicted octanol–water partition coefficient (Wildman–Crippen LogP) is 0.741. The summed E-state index contributed by atoms with van der Waals surface area (Å²) in [5, 5.41) is 9.48. The van der Waals surface area contributed by atoms with Crippen molar-refractivity contribution in [1.82, 2.24) is 0 Å². The summed E-state index contributed by atoms with van der Waals surface area (Å²) in [4.78, 5) is 0. The molecule has 3 heteroatoms. The molecule has 1 unspecified atom stereocenters. The molecule has 3 nitrogen and oxygen atoms in total. The summed E-state index contributed by atoms with van der Waals surface area (Å²) in [6.07, 6.45) is 0.680. The summed E-state index contributed by atoms with van der Waals surface area (Å²) in [5.74, 6) is 0.300. The largest absolute Gasteiger partial charge is 0.508 e. The highest BCUT2D eigenvalue weighted by atomic mass is 16.3. The van der Waals surface area contributed by atoms with Crippen LogP contribution in [-0.4, -0.2) is 11.1 Å². The van der Waals surface area contributed by atoms with E-state index in [2.05, 4.69) is 0 Å². The first-order valence-corrected chi connectivity index (χ1v) is 4.40. The molecule has 1 atom stereocenters. The zero-order valence-electron chi connectivity index (χ0n) is 7.83. The van der Waals surface area contributed by atoms with Gasteiger partial charge in [0.25, 0.3) is 0 Å². The van der Waals surface area contributed by atoms with Crippen LogP contribution in [0.2, 0.25) is 0 Å². The van der Waals surface area contributed by atoms with Gasteiger partial charge < -0.3 is 16.6 Å². The topological polar surface area (TPSA) is 72.3 Å². The van der Waals surface area contributed by atoms with Gasteiger partial charge in [0, 0.05) is 12.6 Å². The van der Waals surface area contributed by atoms with Crippen LogP contribution in [0.15, 0.2) is 18.2 Å². The monoisotopic (exact) mass is 180 g/mol. The third kappa shape index (κ3) is 2.72. The Bertz CT molecular complexity index is 284. The fourth-order valence-electron chi connectivity index (χ4n) is 1.28. The second kappa shape index (κ2) is 4.25. The summed E-state index contributed by atoms with van der Waals surface area (Å²) in [7, 11) is 0. The Morgan fingerprint density at radius 3 is 2.69 bits per heavy atom. The number of nitrogens with two attached hydrogens (primary N) is 2. The van der Waals surface area contributed by atoms with Crippen molar-refractivity contribution >= 4 is 0 Å². The second-order valence-electron chi connectivity index (χ2n) is 3.35. The van der Waals surface area contributed by atoms with E-state index in [0.29, 0.717) is 18.7 Å². The minimum atomic E-state index is 0.0546. The van der Waals surface area contributed by atoms with E-state index in [1.807, 2.05) is 19.1 Å². The van der Waals surface area contributed by atoms with Gasteiger partial charge in [-0.3, -0.25) is 0 Å². The molecular formula is C10H16N2O. The molecule has 5 N–H and O–H groups in total. The second-order valence-corrected chi connectivity index (χ2v) is 3.35. The molecule has 0 amide bonds. The van der Waals surface area contributed by atoms with Gasteiger partial charge in [0.05, 0.1) is 0 Å². The molecule has 0 radical (unpaired) electrons. The van der Waals surface area contributed by atoms with Crippen molar-refractivity contribution < 1.29 is 5.11 Å². The van der Waals surface area contributed by atoms with Gasteiger partial charge in [-0.15, -0.1) is 0 Å². The van der Waals surface area contributed by atoms with Crippen LogP contribution in [0, 0.1) is 0 Å². The molecule has 0 aliphatic heterocycles. The van der Waals surface area contributed by atoms with E-state index < -0.39 is 0 Å². The molecule has 1 rings (SSSR count). The highest BCUT2D eigenvalue weighted by Gasteiger charge is 2.04. The van der Waals surface area contributed by atoms with E-state index >= 15 is 0 Å². The van der Waals surface area contributed by atoms with E-state index in [4.69, 9.17) is 11.5 Å². The average Bonchev–Trinajstić information content (AvgIpc) is 2.08.